The fourth-order valence-corrected chi connectivity index (χ4v) is 2.87. The molecule has 0 N–H and O–H groups in total. The van der Waals surface area contributed by atoms with Gasteiger partial charge in [-0.3, -0.25) is 4.79 Å². The van der Waals surface area contributed by atoms with Gasteiger partial charge in [0, 0.05) is 12.1 Å². The van der Waals surface area contributed by atoms with Crippen molar-refractivity contribution in [1.82, 2.24) is 14.8 Å². The van der Waals surface area contributed by atoms with Crippen molar-refractivity contribution < 1.29 is 4.79 Å². The lowest BCUT2D eigenvalue weighted by atomic mass is 10.1. The number of hydrogen-bond donors (Lipinski definition) is 0. The summed E-state index contributed by atoms with van der Waals surface area (Å²) < 4.78 is 1.68. The molecule has 1 amide bonds. The molecule has 0 aliphatic carbocycles. The Hall–Kier alpha value is -2.66. The van der Waals surface area contributed by atoms with Crippen LogP contribution in [0, 0.1) is 6.92 Å². The minimum Gasteiger partial charge on any atom is -0.307 e. The zero-order valence-corrected chi connectivity index (χ0v) is 14.2. The Kier molecular flexibility index (Phi) is 4.62. The van der Waals surface area contributed by atoms with Crippen LogP contribution in [0.15, 0.2) is 55.1 Å². The van der Waals surface area contributed by atoms with Crippen molar-refractivity contribution in [1.29, 1.82) is 0 Å². The minimum atomic E-state index is -0.0844. The predicted molar refractivity (Wildman–Crippen MR) is 94.9 cm³/mol. The number of para-hydroxylation sites is 1. The molecule has 0 spiro atoms. The van der Waals surface area contributed by atoms with Crippen LogP contribution in [0.4, 0.5) is 5.69 Å². The summed E-state index contributed by atoms with van der Waals surface area (Å²) in [6, 6.07) is 12.9. The van der Waals surface area contributed by atoms with Gasteiger partial charge >= 0.3 is 0 Å². The van der Waals surface area contributed by atoms with Gasteiger partial charge in [-0.05, 0) is 49.7 Å². The van der Waals surface area contributed by atoms with Gasteiger partial charge in [0.05, 0.1) is 16.4 Å². The maximum Gasteiger partial charge on any atom is 0.258 e. The third kappa shape index (κ3) is 3.03. The Morgan fingerprint density at radius 3 is 2.67 bits per heavy atom. The molecule has 0 saturated heterocycles. The van der Waals surface area contributed by atoms with Gasteiger partial charge in [-0.2, -0.15) is 5.10 Å². The highest BCUT2D eigenvalue weighted by molar-refractivity contribution is 6.34. The van der Waals surface area contributed by atoms with E-state index < -0.39 is 0 Å². The maximum atomic E-state index is 12.9. The van der Waals surface area contributed by atoms with Crippen molar-refractivity contribution in [2.45, 2.75) is 13.8 Å². The number of halogens is 1. The van der Waals surface area contributed by atoms with Gasteiger partial charge in [-0.15, -0.1) is 0 Å². The summed E-state index contributed by atoms with van der Waals surface area (Å²) in [6.07, 6.45) is 3.11. The number of rotatable bonds is 4. The monoisotopic (exact) mass is 340 g/mol. The van der Waals surface area contributed by atoms with Gasteiger partial charge in [-0.25, -0.2) is 9.67 Å². The molecule has 5 nitrogen and oxygen atoms in total. The van der Waals surface area contributed by atoms with E-state index >= 15 is 0 Å². The van der Waals surface area contributed by atoms with Crippen molar-refractivity contribution in [2.75, 3.05) is 11.4 Å². The lowest BCUT2D eigenvalue weighted by Gasteiger charge is -2.22. The number of aromatic nitrogens is 3. The molecule has 0 atom stereocenters. The molecule has 0 radical (unpaired) electrons. The van der Waals surface area contributed by atoms with Crippen molar-refractivity contribution in [3.05, 3.63) is 71.3 Å². The number of benzene rings is 2. The largest absolute Gasteiger partial charge is 0.307 e. The molecular weight excluding hydrogens is 324 g/mol. The molecule has 0 saturated carbocycles. The standard InChI is InChI=1S/C18H17ClN4O/c1-3-22(17-7-5-4-6-15(17)19)18(24)14-8-9-16(13(2)10-14)23-12-20-11-21-23/h4-12H,3H2,1-2H3. The van der Waals surface area contributed by atoms with Crippen LogP contribution in [0.25, 0.3) is 5.69 Å². The van der Waals surface area contributed by atoms with E-state index in [2.05, 4.69) is 10.1 Å². The molecule has 122 valence electrons. The molecule has 1 aromatic heterocycles. The van der Waals surface area contributed by atoms with E-state index in [1.54, 1.807) is 28.0 Å². The van der Waals surface area contributed by atoms with Crippen LogP contribution in [0.3, 0.4) is 0 Å². The van der Waals surface area contributed by atoms with Gasteiger partial charge in [0.25, 0.3) is 5.91 Å². The Labute approximate surface area is 145 Å². The van der Waals surface area contributed by atoms with E-state index in [0.29, 0.717) is 22.8 Å². The number of hydrogen-bond acceptors (Lipinski definition) is 3. The number of carbonyl (C=O) groups is 1. The minimum absolute atomic E-state index is 0.0844. The van der Waals surface area contributed by atoms with Crippen molar-refractivity contribution in [3.63, 3.8) is 0 Å². The van der Waals surface area contributed by atoms with E-state index in [0.717, 1.165) is 11.3 Å². The topological polar surface area (TPSA) is 51.0 Å². The normalized spacial score (nSPS) is 10.6. The molecule has 0 fully saturated rings. The lowest BCUT2D eigenvalue weighted by molar-refractivity contribution is 0.0988. The molecule has 0 aliphatic heterocycles. The van der Waals surface area contributed by atoms with Gasteiger partial charge in [0.15, 0.2) is 0 Å². The van der Waals surface area contributed by atoms with E-state index in [9.17, 15) is 4.79 Å². The van der Waals surface area contributed by atoms with E-state index in [-0.39, 0.29) is 5.91 Å². The lowest BCUT2D eigenvalue weighted by Crippen LogP contribution is -2.31. The Morgan fingerprint density at radius 2 is 2.04 bits per heavy atom. The Bertz CT molecular complexity index is 861. The summed E-state index contributed by atoms with van der Waals surface area (Å²) >= 11 is 6.24. The van der Waals surface area contributed by atoms with Crippen LogP contribution in [0.5, 0.6) is 0 Å². The summed E-state index contributed by atoms with van der Waals surface area (Å²) in [5.41, 5.74) is 3.16. The second-order valence-corrected chi connectivity index (χ2v) is 5.75. The third-order valence-corrected chi connectivity index (χ3v) is 4.13. The number of nitrogens with zero attached hydrogens (tertiary/aromatic N) is 4. The fraction of sp³-hybridized carbons (Fsp3) is 0.167. The summed E-state index contributed by atoms with van der Waals surface area (Å²) in [5.74, 6) is -0.0844. The van der Waals surface area contributed by atoms with Gasteiger partial charge in [0.2, 0.25) is 0 Å². The highest BCUT2D eigenvalue weighted by Gasteiger charge is 2.19. The first kappa shape index (κ1) is 16.2. The van der Waals surface area contributed by atoms with E-state index in [4.69, 9.17) is 11.6 Å². The van der Waals surface area contributed by atoms with Gasteiger partial charge in [-0.1, -0.05) is 23.7 Å². The third-order valence-electron chi connectivity index (χ3n) is 3.81. The van der Waals surface area contributed by atoms with Crippen molar-refractivity contribution in [2.24, 2.45) is 0 Å². The molecule has 6 heteroatoms. The quantitative estimate of drug-likeness (QED) is 0.723. The fourth-order valence-electron chi connectivity index (χ4n) is 2.63. The summed E-state index contributed by atoms with van der Waals surface area (Å²) in [7, 11) is 0. The molecular formula is C18H17ClN4O. The number of amides is 1. The van der Waals surface area contributed by atoms with Crippen LogP contribution < -0.4 is 4.90 Å². The van der Waals surface area contributed by atoms with Crippen LogP contribution in [0.1, 0.15) is 22.8 Å². The van der Waals surface area contributed by atoms with E-state index in [1.165, 1.54) is 6.33 Å². The van der Waals surface area contributed by atoms with Gasteiger partial charge < -0.3 is 4.90 Å². The summed E-state index contributed by atoms with van der Waals surface area (Å²) in [5, 5.41) is 4.68. The zero-order valence-electron chi connectivity index (χ0n) is 13.5. The summed E-state index contributed by atoms with van der Waals surface area (Å²) in [4.78, 5) is 18.5. The Balaban J connectivity index is 1.95. The molecule has 1 heterocycles. The average molecular weight is 341 g/mol. The molecule has 0 aliphatic rings. The number of aryl methyl sites for hydroxylation is 1. The highest BCUT2D eigenvalue weighted by atomic mass is 35.5. The second kappa shape index (κ2) is 6.84. The molecule has 0 unspecified atom stereocenters. The molecule has 3 rings (SSSR count). The Morgan fingerprint density at radius 1 is 1.25 bits per heavy atom. The first-order valence-corrected chi connectivity index (χ1v) is 8.01. The van der Waals surface area contributed by atoms with Crippen LogP contribution in [-0.2, 0) is 0 Å². The zero-order chi connectivity index (χ0) is 17.1. The summed E-state index contributed by atoms with van der Waals surface area (Å²) in [6.45, 7) is 4.41. The molecule has 0 bridgehead atoms. The number of anilines is 1. The van der Waals surface area contributed by atoms with Gasteiger partial charge in [0.1, 0.15) is 12.7 Å². The smallest absolute Gasteiger partial charge is 0.258 e. The SMILES string of the molecule is CCN(C(=O)c1ccc(-n2cncn2)c(C)c1)c1ccccc1Cl. The molecule has 2 aromatic carbocycles. The van der Waals surface area contributed by atoms with Crippen molar-refractivity contribution >= 4 is 23.2 Å². The van der Waals surface area contributed by atoms with Crippen LogP contribution >= 0.6 is 11.6 Å². The first-order chi connectivity index (χ1) is 11.6. The predicted octanol–water partition coefficient (Wildman–Crippen LogP) is 3.90. The molecule has 3 aromatic rings. The average Bonchev–Trinajstić information content (AvgIpc) is 3.11. The van der Waals surface area contributed by atoms with Crippen LogP contribution in [-0.4, -0.2) is 27.2 Å². The second-order valence-electron chi connectivity index (χ2n) is 5.34. The van der Waals surface area contributed by atoms with E-state index in [1.807, 2.05) is 44.2 Å². The maximum absolute atomic E-state index is 12.9. The molecule has 24 heavy (non-hydrogen) atoms. The number of carbonyl (C=O) groups excluding carboxylic acids is 1. The van der Waals surface area contributed by atoms with Crippen molar-refractivity contribution in [3.8, 4) is 5.69 Å². The van der Waals surface area contributed by atoms with Crippen LogP contribution in [0.2, 0.25) is 5.02 Å². The first-order valence-electron chi connectivity index (χ1n) is 7.64. The highest BCUT2D eigenvalue weighted by Crippen LogP contribution is 2.27.